The Labute approximate surface area is 105 Å². The average Bonchev–Trinajstić information content (AvgIpc) is 2.82. The Bertz CT molecular complexity index is 296. The Morgan fingerprint density at radius 2 is 1.94 bits per heavy atom. The molecule has 1 rings (SSSR count). The lowest BCUT2D eigenvalue weighted by molar-refractivity contribution is 0.374. The summed E-state index contributed by atoms with van der Waals surface area (Å²) in [7, 11) is 0. The second kappa shape index (κ2) is 8.31. The van der Waals surface area contributed by atoms with Gasteiger partial charge >= 0.3 is 0 Å². The van der Waals surface area contributed by atoms with E-state index in [-0.39, 0.29) is 6.04 Å². The minimum Gasteiger partial charge on any atom is -0.464 e. The Morgan fingerprint density at radius 3 is 2.53 bits per heavy atom. The normalized spacial score (nSPS) is 12.9. The molecule has 0 aliphatic heterocycles. The third-order valence-corrected chi connectivity index (χ3v) is 3.17. The molecule has 0 aromatic carbocycles. The molecule has 1 aromatic heterocycles. The van der Waals surface area contributed by atoms with E-state index in [1.54, 1.807) is 0 Å². The molecular formula is C14H26N2O. The minimum atomic E-state index is 0.164. The van der Waals surface area contributed by atoms with E-state index in [2.05, 4.69) is 19.3 Å². The Kier molecular flexibility index (Phi) is 6.97. The van der Waals surface area contributed by atoms with Crippen molar-refractivity contribution in [3.8, 4) is 0 Å². The number of hydrazine groups is 1. The van der Waals surface area contributed by atoms with E-state index in [1.165, 1.54) is 32.1 Å². The Balaban J connectivity index is 2.32. The summed E-state index contributed by atoms with van der Waals surface area (Å²) < 4.78 is 5.72. The van der Waals surface area contributed by atoms with Crippen LogP contribution in [-0.2, 0) is 6.42 Å². The molecule has 0 saturated heterocycles. The molecule has 1 unspecified atom stereocenters. The molecule has 0 spiro atoms. The third-order valence-electron chi connectivity index (χ3n) is 3.17. The summed E-state index contributed by atoms with van der Waals surface area (Å²) in [5.41, 5.74) is 2.85. The molecule has 0 fully saturated rings. The zero-order valence-corrected chi connectivity index (χ0v) is 11.2. The van der Waals surface area contributed by atoms with Crippen LogP contribution in [0.15, 0.2) is 16.5 Å². The van der Waals surface area contributed by atoms with Crippen LogP contribution < -0.4 is 11.3 Å². The highest BCUT2D eigenvalue weighted by molar-refractivity contribution is 5.10. The summed E-state index contributed by atoms with van der Waals surface area (Å²) in [4.78, 5) is 0. The molecule has 0 amide bonds. The highest BCUT2D eigenvalue weighted by atomic mass is 16.3. The summed E-state index contributed by atoms with van der Waals surface area (Å²) in [5.74, 6) is 7.59. The van der Waals surface area contributed by atoms with Gasteiger partial charge in [-0.25, -0.2) is 5.43 Å². The lowest BCUT2D eigenvalue weighted by Gasteiger charge is -2.13. The largest absolute Gasteiger partial charge is 0.464 e. The summed E-state index contributed by atoms with van der Waals surface area (Å²) >= 11 is 0. The minimum absolute atomic E-state index is 0.164. The molecule has 0 aliphatic rings. The van der Waals surface area contributed by atoms with Gasteiger partial charge in [0.1, 0.15) is 11.5 Å². The summed E-state index contributed by atoms with van der Waals surface area (Å²) in [6.07, 6.45) is 8.43. The lowest BCUT2D eigenvalue weighted by Crippen LogP contribution is -2.27. The number of aryl methyl sites for hydroxylation is 1. The fourth-order valence-electron chi connectivity index (χ4n) is 2.03. The lowest BCUT2D eigenvalue weighted by atomic mass is 10.1. The zero-order valence-electron chi connectivity index (χ0n) is 11.2. The summed E-state index contributed by atoms with van der Waals surface area (Å²) in [6.45, 7) is 4.33. The van der Waals surface area contributed by atoms with E-state index in [4.69, 9.17) is 10.3 Å². The summed E-state index contributed by atoms with van der Waals surface area (Å²) in [6, 6.07) is 4.24. The van der Waals surface area contributed by atoms with Crippen LogP contribution in [0.1, 0.15) is 69.9 Å². The average molecular weight is 238 g/mol. The van der Waals surface area contributed by atoms with Crippen molar-refractivity contribution in [3.05, 3.63) is 23.7 Å². The van der Waals surface area contributed by atoms with Gasteiger partial charge in [-0.1, -0.05) is 46.0 Å². The van der Waals surface area contributed by atoms with Crippen molar-refractivity contribution in [1.29, 1.82) is 0 Å². The van der Waals surface area contributed by atoms with Crippen LogP contribution in [0.3, 0.4) is 0 Å². The molecule has 1 heterocycles. The van der Waals surface area contributed by atoms with Gasteiger partial charge in [0.25, 0.3) is 0 Å². The maximum absolute atomic E-state index is 5.72. The number of nitrogens with one attached hydrogen (secondary N) is 1. The maximum atomic E-state index is 5.72. The molecule has 3 N–H and O–H groups in total. The molecule has 0 bridgehead atoms. The molecule has 0 radical (unpaired) electrons. The van der Waals surface area contributed by atoms with E-state index in [9.17, 15) is 0 Å². The van der Waals surface area contributed by atoms with Gasteiger partial charge in [-0.2, -0.15) is 0 Å². The SMILES string of the molecule is CCCCCCCC(NN)c1ccc(CC)o1. The van der Waals surface area contributed by atoms with Crippen LogP contribution in [0.25, 0.3) is 0 Å². The van der Waals surface area contributed by atoms with Crippen LogP contribution in [0.5, 0.6) is 0 Å². The predicted molar refractivity (Wildman–Crippen MR) is 71.5 cm³/mol. The number of rotatable bonds is 9. The Hall–Kier alpha value is -0.800. The van der Waals surface area contributed by atoms with Gasteiger partial charge in [-0.05, 0) is 18.6 Å². The van der Waals surface area contributed by atoms with Crippen LogP contribution in [0, 0.1) is 0 Å². The van der Waals surface area contributed by atoms with Crippen molar-refractivity contribution < 1.29 is 4.42 Å². The van der Waals surface area contributed by atoms with Gasteiger partial charge in [0, 0.05) is 6.42 Å². The second-order valence-electron chi connectivity index (χ2n) is 4.58. The number of furan rings is 1. The van der Waals surface area contributed by atoms with Gasteiger partial charge in [0.15, 0.2) is 0 Å². The maximum Gasteiger partial charge on any atom is 0.122 e. The smallest absolute Gasteiger partial charge is 0.122 e. The molecule has 98 valence electrons. The van der Waals surface area contributed by atoms with Crippen LogP contribution in [-0.4, -0.2) is 0 Å². The van der Waals surface area contributed by atoms with Crippen molar-refractivity contribution in [3.63, 3.8) is 0 Å². The quantitative estimate of drug-likeness (QED) is 0.392. The van der Waals surface area contributed by atoms with E-state index in [0.29, 0.717) is 0 Å². The van der Waals surface area contributed by atoms with Crippen molar-refractivity contribution in [1.82, 2.24) is 5.43 Å². The molecule has 1 aromatic rings. The van der Waals surface area contributed by atoms with E-state index in [0.717, 1.165) is 24.4 Å². The standard InChI is InChI=1S/C14H26N2O/c1-3-5-6-7-8-9-13(16-15)14-11-10-12(4-2)17-14/h10-11,13,16H,3-9,15H2,1-2H3. The fraction of sp³-hybridized carbons (Fsp3) is 0.714. The van der Waals surface area contributed by atoms with Crippen molar-refractivity contribution >= 4 is 0 Å². The van der Waals surface area contributed by atoms with Gasteiger partial charge in [0.2, 0.25) is 0 Å². The van der Waals surface area contributed by atoms with Gasteiger partial charge in [-0.3, -0.25) is 5.84 Å². The first kappa shape index (κ1) is 14.3. The van der Waals surface area contributed by atoms with E-state index < -0.39 is 0 Å². The summed E-state index contributed by atoms with van der Waals surface area (Å²) in [5, 5.41) is 0. The molecule has 1 atom stereocenters. The first-order valence-electron chi connectivity index (χ1n) is 6.86. The molecule has 0 aliphatic carbocycles. The zero-order chi connectivity index (χ0) is 12.5. The van der Waals surface area contributed by atoms with Crippen LogP contribution >= 0.6 is 0 Å². The molecule has 17 heavy (non-hydrogen) atoms. The van der Waals surface area contributed by atoms with Gasteiger partial charge < -0.3 is 4.42 Å². The number of hydrogen-bond acceptors (Lipinski definition) is 3. The molecule has 0 saturated carbocycles. The third kappa shape index (κ3) is 4.92. The van der Waals surface area contributed by atoms with Gasteiger partial charge in [0.05, 0.1) is 6.04 Å². The Morgan fingerprint density at radius 1 is 1.18 bits per heavy atom. The molecule has 3 heteroatoms. The molecular weight excluding hydrogens is 212 g/mol. The molecule has 3 nitrogen and oxygen atoms in total. The predicted octanol–water partition coefficient (Wildman–Crippen LogP) is 3.71. The highest BCUT2D eigenvalue weighted by Crippen LogP contribution is 2.22. The van der Waals surface area contributed by atoms with E-state index >= 15 is 0 Å². The van der Waals surface area contributed by atoms with Crippen LogP contribution in [0.4, 0.5) is 0 Å². The first-order valence-corrected chi connectivity index (χ1v) is 6.86. The number of hydrogen-bond donors (Lipinski definition) is 2. The highest BCUT2D eigenvalue weighted by Gasteiger charge is 2.13. The van der Waals surface area contributed by atoms with Crippen LogP contribution in [0.2, 0.25) is 0 Å². The van der Waals surface area contributed by atoms with Crippen molar-refractivity contribution in [2.24, 2.45) is 5.84 Å². The van der Waals surface area contributed by atoms with E-state index in [1.807, 2.05) is 12.1 Å². The fourth-order valence-corrected chi connectivity index (χ4v) is 2.03. The van der Waals surface area contributed by atoms with Gasteiger partial charge in [-0.15, -0.1) is 0 Å². The van der Waals surface area contributed by atoms with Crippen molar-refractivity contribution in [2.45, 2.75) is 64.8 Å². The second-order valence-corrected chi connectivity index (χ2v) is 4.58. The number of unbranched alkanes of at least 4 members (excludes halogenated alkanes) is 4. The topological polar surface area (TPSA) is 51.2 Å². The monoisotopic (exact) mass is 238 g/mol. The van der Waals surface area contributed by atoms with Crippen molar-refractivity contribution in [2.75, 3.05) is 0 Å². The number of nitrogens with two attached hydrogens (primary N) is 1. The first-order chi connectivity index (χ1) is 8.31.